The van der Waals surface area contributed by atoms with Gasteiger partial charge < -0.3 is 15.8 Å². The van der Waals surface area contributed by atoms with Crippen LogP contribution in [0.3, 0.4) is 0 Å². The fourth-order valence-corrected chi connectivity index (χ4v) is 1.88. The number of anilines is 2. The van der Waals surface area contributed by atoms with Gasteiger partial charge in [0.1, 0.15) is 0 Å². The smallest absolute Gasteiger partial charge is 0.0694 e. The third-order valence-electron chi connectivity index (χ3n) is 3.03. The first kappa shape index (κ1) is 10.3. The first-order chi connectivity index (χ1) is 7.11. The first-order valence-electron chi connectivity index (χ1n) is 5.32. The van der Waals surface area contributed by atoms with Gasteiger partial charge in [0.15, 0.2) is 0 Å². The molecule has 0 radical (unpaired) electrons. The zero-order valence-electron chi connectivity index (χ0n) is 9.34. The predicted molar refractivity (Wildman–Crippen MR) is 63.1 cm³/mol. The Hall–Kier alpha value is -1.22. The van der Waals surface area contributed by atoms with Crippen LogP contribution in [0.15, 0.2) is 18.2 Å². The maximum atomic E-state index is 5.87. The van der Waals surface area contributed by atoms with Crippen molar-refractivity contribution in [2.24, 2.45) is 0 Å². The molecular formula is C12H18N2O. The second-order valence-corrected chi connectivity index (χ2v) is 4.51. The maximum Gasteiger partial charge on any atom is 0.0694 e. The van der Waals surface area contributed by atoms with Gasteiger partial charge >= 0.3 is 0 Å². The normalized spacial score (nSPS) is 25.5. The summed E-state index contributed by atoms with van der Waals surface area (Å²) in [5, 5.41) is 3.52. The van der Waals surface area contributed by atoms with Gasteiger partial charge in [-0.2, -0.15) is 0 Å². The minimum Gasteiger partial charge on any atom is -0.398 e. The molecule has 1 atom stereocenters. The molecule has 1 aliphatic heterocycles. The Morgan fingerprint density at radius 2 is 2.27 bits per heavy atom. The Labute approximate surface area is 90.6 Å². The van der Waals surface area contributed by atoms with Crippen LogP contribution in [0.2, 0.25) is 0 Å². The van der Waals surface area contributed by atoms with Crippen molar-refractivity contribution in [1.82, 2.24) is 0 Å². The van der Waals surface area contributed by atoms with Crippen molar-refractivity contribution in [3.8, 4) is 0 Å². The Kier molecular flexibility index (Phi) is 2.57. The second kappa shape index (κ2) is 3.74. The molecule has 1 aliphatic rings. The van der Waals surface area contributed by atoms with Gasteiger partial charge in [-0.3, -0.25) is 0 Å². The third-order valence-corrected chi connectivity index (χ3v) is 3.03. The molecule has 2 rings (SSSR count). The van der Waals surface area contributed by atoms with Gasteiger partial charge in [0.05, 0.1) is 12.1 Å². The number of nitrogens with one attached hydrogen (secondary N) is 1. The molecule has 1 aromatic carbocycles. The van der Waals surface area contributed by atoms with Crippen LogP contribution in [-0.2, 0) is 4.74 Å². The third kappa shape index (κ3) is 2.07. The molecular weight excluding hydrogens is 188 g/mol. The molecule has 3 nitrogen and oxygen atoms in total. The molecule has 0 aliphatic carbocycles. The van der Waals surface area contributed by atoms with Crippen LogP contribution in [0.25, 0.3) is 0 Å². The fraction of sp³-hybridized carbons (Fsp3) is 0.500. The molecule has 1 unspecified atom stereocenters. The van der Waals surface area contributed by atoms with E-state index in [4.69, 9.17) is 10.5 Å². The largest absolute Gasteiger partial charge is 0.398 e. The standard InChI is InChI=1S/C12H18N2O/c1-9-10(13)4-3-5-11(9)14-12(2)6-7-15-8-12/h3-5,14H,6-8,13H2,1-2H3. The van der Waals surface area contributed by atoms with Crippen molar-refractivity contribution >= 4 is 11.4 Å². The van der Waals surface area contributed by atoms with Gasteiger partial charge in [-0.05, 0) is 38.0 Å². The lowest BCUT2D eigenvalue weighted by atomic mass is 10.0. The van der Waals surface area contributed by atoms with Crippen molar-refractivity contribution in [1.29, 1.82) is 0 Å². The zero-order chi connectivity index (χ0) is 10.9. The number of ether oxygens (including phenoxy) is 1. The van der Waals surface area contributed by atoms with Crippen molar-refractivity contribution in [2.45, 2.75) is 25.8 Å². The molecule has 0 bridgehead atoms. The Morgan fingerprint density at radius 3 is 2.93 bits per heavy atom. The minimum atomic E-state index is 0.0541. The van der Waals surface area contributed by atoms with Crippen molar-refractivity contribution in [2.75, 3.05) is 24.3 Å². The predicted octanol–water partition coefficient (Wildman–Crippen LogP) is 2.17. The summed E-state index contributed by atoms with van der Waals surface area (Å²) in [7, 11) is 0. The minimum absolute atomic E-state index is 0.0541. The topological polar surface area (TPSA) is 47.3 Å². The van der Waals surface area contributed by atoms with E-state index in [9.17, 15) is 0 Å². The summed E-state index contributed by atoms with van der Waals surface area (Å²) in [6.07, 6.45) is 1.04. The van der Waals surface area contributed by atoms with E-state index in [-0.39, 0.29) is 5.54 Å². The average molecular weight is 206 g/mol. The molecule has 1 fully saturated rings. The summed E-state index contributed by atoms with van der Waals surface area (Å²) in [4.78, 5) is 0. The van der Waals surface area contributed by atoms with Crippen LogP contribution >= 0.6 is 0 Å². The van der Waals surface area contributed by atoms with Crippen LogP contribution in [0.1, 0.15) is 18.9 Å². The van der Waals surface area contributed by atoms with Gasteiger partial charge in [0.2, 0.25) is 0 Å². The monoisotopic (exact) mass is 206 g/mol. The van der Waals surface area contributed by atoms with Gasteiger partial charge in [-0.1, -0.05) is 6.07 Å². The lowest BCUT2D eigenvalue weighted by Gasteiger charge is -2.26. The molecule has 0 spiro atoms. The molecule has 1 aromatic rings. The quantitative estimate of drug-likeness (QED) is 0.729. The van der Waals surface area contributed by atoms with Gasteiger partial charge in [-0.25, -0.2) is 0 Å². The highest BCUT2D eigenvalue weighted by atomic mass is 16.5. The van der Waals surface area contributed by atoms with Crippen LogP contribution < -0.4 is 11.1 Å². The molecule has 3 N–H and O–H groups in total. The fourth-order valence-electron chi connectivity index (χ4n) is 1.88. The Morgan fingerprint density at radius 1 is 1.47 bits per heavy atom. The summed E-state index contributed by atoms with van der Waals surface area (Å²) in [5.74, 6) is 0. The first-order valence-corrected chi connectivity index (χ1v) is 5.32. The van der Waals surface area contributed by atoms with E-state index in [1.54, 1.807) is 0 Å². The second-order valence-electron chi connectivity index (χ2n) is 4.51. The highest BCUT2D eigenvalue weighted by molar-refractivity contribution is 5.63. The molecule has 0 saturated carbocycles. The summed E-state index contributed by atoms with van der Waals surface area (Å²) in [6, 6.07) is 5.97. The van der Waals surface area contributed by atoms with Crippen LogP contribution in [-0.4, -0.2) is 18.8 Å². The lowest BCUT2D eigenvalue weighted by molar-refractivity contribution is 0.185. The summed E-state index contributed by atoms with van der Waals surface area (Å²) < 4.78 is 5.41. The van der Waals surface area contributed by atoms with E-state index >= 15 is 0 Å². The van der Waals surface area contributed by atoms with E-state index in [0.717, 1.165) is 36.6 Å². The SMILES string of the molecule is Cc1c(N)cccc1NC1(C)CCOC1. The molecule has 0 amide bonds. The van der Waals surface area contributed by atoms with E-state index in [1.807, 2.05) is 19.1 Å². The Balaban J connectivity index is 2.20. The molecule has 0 aromatic heterocycles. The van der Waals surface area contributed by atoms with Crippen LogP contribution in [0.4, 0.5) is 11.4 Å². The van der Waals surface area contributed by atoms with Gasteiger partial charge in [-0.15, -0.1) is 0 Å². The van der Waals surface area contributed by atoms with E-state index in [0.29, 0.717) is 0 Å². The number of rotatable bonds is 2. The number of nitrogens with two attached hydrogens (primary N) is 1. The summed E-state index contributed by atoms with van der Waals surface area (Å²) in [5.41, 5.74) is 8.99. The summed E-state index contributed by atoms with van der Waals surface area (Å²) >= 11 is 0. The van der Waals surface area contributed by atoms with Crippen LogP contribution in [0, 0.1) is 6.92 Å². The number of hydrogen-bond donors (Lipinski definition) is 2. The van der Waals surface area contributed by atoms with E-state index in [1.165, 1.54) is 0 Å². The highest BCUT2D eigenvalue weighted by Crippen LogP contribution is 2.27. The highest BCUT2D eigenvalue weighted by Gasteiger charge is 2.29. The van der Waals surface area contributed by atoms with Crippen LogP contribution in [0.5, 0.6) is 0 Å². The number of hydrogen-bond acceptors (Lipinski definition) is 3. The molecule has 1 heterocycles. The number of nitrogen functional groups attached to an aromatic ring is 1. The Bertz CT molecular complexity index is 357. The lowest BCUT2D eigenvalue weighted by Crippen LogP contribution is -2.35. The average Bonchev–Trinajstić information content (AvgIpc) is 2.60. The van der Waals surface area contributed by atoms with E-state index < -0.39 is 0 Å². The van der Waals surface area contributed by atoms with E-state index in [2.05, 4.69) is 18.3 Å². The molecule has 15 heavy (non-hydrogen) atoms. The zero-order valence-corrected chi connectivity index (χ0v) is 9.34. The number of benzene rings is 1. The molecule has 3 heteroatoms. The summed E-state index contributed by atoms with van der Waals surface area (Å²) in [6.45, 7) is 5.82. The van der Waals surface area contributed by atoms with Crippen molar-refractivity contribution in [3.63, 3.8) is 0 Å². The molecule has 1 saturated heterocycles. The van der Waals surface area contributed by atoms with Gasteiger partial charge in [0, 0.05) is 18.0 Å². The van der Waals surface area contributed by atoms with Crippen molar-refractivity contribution < 1.29 is 4.74 Å². The molecule has 82 valence electrons. The maximum absolute atomic E-state index is 5.87. The van der Waals surface area contributed by atoms with Gasteiger partial charge in [0.25, 0.3) is 0 Å². The van der Waals surface area contributed by atoms with Crippen molar-refractivity contribution in [3.05, 3.63) is 23.8 Å².